The molecular formula is C13H16F2O5S. The second-order valence-corrected chi connectivity index (χ2v) is 8.22. The van der Waals surface area contributed by atoms with Crippen LogP contribution in [0.25, 0.3) is 0 Å². The standard InChI is InChI=1S/C13H16F2O5S/c1-13(2,3)21(18,19)5-4-20-11-9(14)6-8(12(16)17)7-10(11)15/h6-7H,4-5H2,1-3H3,(H,16,17). The quantitative estimate of drug-likeness (QED) is 0.899. The molecule has 0 radical (unpaired) electrons. The Kier molecular flexibility index (Phi) is 4.93. The molecule has 0 bridgehead atoms. The van der Waals surface area contributed by atoms with Crippen LogP contribution in [0, 0.1) is 11.6 Å². The zero-order valence-electron chi connectivity index (χ0n) is 11.8. The molecule has 0 aliphatic heterocycles. The van der Waals surface area contributed by atoms with Crippen molar-refractivity contribution in [2.24, 2.45) is 0 Å². The molecule has 1 aromatic carbocycles. The van der Waals surface area contributed by atoms with Gasteiger partial charge in [0.1, 0.15) is 6.61 Å². The van der Waals surface area contributed by atoms with Crippen molar-refractivity contribution in [3.8, 4) is 5.75 Å². The van der Waals surface area contributed by atoms with Crippen molar-refractivity contribution < 1.29 is 31.8 Å². The molecule has 0 aliphatic carbocycles. The number of carboxylic acid groups (broad SMARTS) is 1. The highest BCUT2D eigenvalue weighted by Crippen LogP contribution is 2.24. The van der Waals surface area contributed by atoms with Gasteiger partial charge in [0, 0.05) is 0 Å². The number of hydrogen-bond donors (Lipinski definition) is 1. The smallest absolute Gasteiger partial charge is 0.335 e. The van der Waals surface area contributed by atoms with Crippen LogP contribution in [0.4, 0.5) is 8.78 Å². The molecule has 118 valence electrons. The predicted molar refractivity (Wildman–Crippen MR) is 72.4 cm³/mol. The van der Waals surface area contributed by atoms with E-state index in [4.69, 9.17) is 9.84 Å². The van der Waals surface area contributed by atoms with Crippen molar-refractivity contribution in [2.75, 3.05) is 12.4 Å². The molecule has 0 fully saturated rings. The first-order valence-corrected chi connectivity index (χ1v) is 7.68. The molecule has 0 aromatic heterocycles. The van der Waals surface area contributed by atoms with Crippen molar-refractivity contribution in [1.82, 2.24) is 0 Å². The molecule has 1 rings (SSSR count). The maximum absolute atomic E-state index is 13.5. The van der Waals surface area contributed by atoms with Gasteiger partial charge in [-0.3, -0.25) is 0 Å². The van der Waals surface area contributed by atoms with Gasteiger partial charge in [-0.25, -0.2) is 22.0 Å². The first-order valence-electron chi connectivity index (χ1n) is 6.03. The van der Waals surface area contributed by atoms with E-state index in [1.807, 2.05) is 0 Å². The molecule has 8 heteroatoms. The van der Waals surface area contributed by atoms with Crippen LogP contribution in [0.2, 0.25) is 0 Å². The summed E-state index contributed by atoms with van der Waals surface area (Å²) in [4.78, 5) is 10.6. The van der Waals surface area contributed by atoms with Crippen LogP contribution in [0.15, 0.2) is 12.1 Å². The van der Waals surface area contributed by atoms with Gasteiger partial charge in [-0.15, -0.1) is 0 Å². The Morgan fingerprint density at radius 3 is 2.10 bits per heavy atom. The summed E-state index contributed by atoms with van der Waals surface area (Å²) in [6, 6.07) is 1.22. The number of halogens is 2. The molecule has 0 spiro atoms. The fourth-order valence-corrected chi connectivity index (χ4v) is 2.30. The number of ether oxygens (including phenoxy) is 1. The Bertz CT molecular complexity index is 624. The molecule has 1 N–H and O–H groups in total. The highest BCUT2D eigenvalue weighted by molar-refractivity contribution is 7.92. The van der Waals surface area contributed by atoms with E-state index in [1.54, 1.807) is 0 Å². The van der Waals surface area contributed by atoms with Gasteiger partial charge in [-0.1, -0.05) is 0 Å². The van der Waals surface area contributed by atoms with Crippen LogP contribution in [0.5, 0.6) is 5.75 Å². The lowest BCUT2D eigenvalue weighted by atomic mass is 10.2. The molecule has 5 nitrogen and oxygen atoms in total. The normalized spacial score (nSPS) is 12.2. The van der Waals surface area contributed by atoms with E-state index >= 15 is 0 Å². The highest BCUT2D eigenvalue weighted by Gasteiger charge is 2.29. The monoisotopic (exact) mass is 322 g/mol. The van der Waals surface area contributed by atoms with Crippen molar-refractivity contribution in [3.63, 3.8) is 0 Å². The number of sulfone groups is 1. The predicted octanol–water partition coefficient (Wildman–Crippen LogP) is 2.26. The number of rotatable bonds is 5. The van der Waals surface area contributed by atoms with Gasteiger partial charge < -0.3 is 9.84 Å². The number of carbonyl (C=O) groups is 1. The first-order chi connectivity index (χ1) is 9.45. The Hall–Kier alpha value is -1.70. The van der Waals surface area contributed by atoms with E-state index in [9.17, 15) is 22.0 Å². The summed E-state index contributed by atoms with van der Waals surface area (Å²) >= 11 is 0. The van der Waals surface area contributed by atoms with E-state index in [1.165, 1.54) is 20.8 Å². The van der Waals surface area contributed by atoms with Crippen LogP contribution in [0.1, 0.15) is 31.1 Å². The van der Waals surface area contributed by atoms with Gasteiger partial charge in [0.2, 0.25) is 0 Å². The Morgan fingerprint density at radius 2 is 1.71 bits per heavy atom. The minimum atomic E-state index is -3.48. The minimum Gasteiger partial charge on any atom is -0.487 e. The van der Waals surface area contributed by atoms with Crippen molar-refractivity contribution in [3.05, 3.63) is 29.3 Å². The maximum atomic E-state index is 13.5. The lowest BCUT2D eigenvalue weighted by molar-refractivity contribution is 0.0695. The third kappa shape index (κ3) is 4.13. The zero-order chi connectivity index (χ0) is 16.4. The molecule has 0 atom stereocenters. The fraction of sp³-hybridized carbons (Fsp3) is 0.462. The molecule has 0 aliphatic rings. The number of aromatic carboxylic acids is 1. The zero-order valence-corrected chi connectivity index (χ0v) is 12.6. The minimum absolute atomic E-state index is 0.407. The average Bonchev–Trinajstić information content (AvgIpc) is 2.30. The summed E-state index contributed by atoms with van der Waals surface area (Å²) in [5.41, 5.74) is -0.556. The van der Waals surface area contributed by atoms with E-state index < -0.39 is 55.9 Å². The number of benzene rings is 1. The van der Waals surface area contributed by atoms with Gasteiger partial charge >= 0.3 is 5.97 Å². The largest absolute Gasteiger partial charge is 0.487 e. The van der Waals surface area contributed by atoms with Gasteiger partial charge in [0.15, 0.2) is 27.2 Å². The Labute approximate surface area is 121 Å². The molecular weight excluding hydrogens is 306 g/mol. The Balaban J connectivity index is 2.85. The second-order valence-electron chi connectivity index (χ2n) is 5.35. The molecule has 0 heterocycles. The maximum Gasteiger partial charge on any atom is 0.335 e. The van der Waals surface area contributed by atoms with Gasteiger partial charge in [-0.2, -0.15) is 0 Å². The lowest BCUT2D eigenvalue weighted by Crippen LogP contribution is -2.32. The summed E-state index contributed by atoms with van der Waals surface area (Å²) < 4.78 is 54.5. The van der Waals surface area contributed by atoms with Crippen molar-refractivity contribution in [2.45, 2.75) is 25.5 Å². The summed E-state index contributed by atoms with van der Waals surface area (Å²) in [6.45, 7) is 4.08. The lowest BCUT2D eigenvalue weighted by Gasteiger charge is -2.19. The summed E-state index contributed by atoms with van der Waals surface area (Å²) in [7, 11) is -3.48. The third-order valence-electron chi connectivity index (χ3n) is 2.78. The Morgan fingerprint density at radius 1 is 1.24 bits per heavy atom. The second kappa shape index (κ2) is 5.97. The summed E-state index contributed by atoms with van der Waals surface area (Å²) in [5.74, 6) is -5.06. The summed E-state index contributed by atoms with van der Waals surface area (Å²) in [6.07, 6.45) is 0. The van der Waals surface area contributed by atoms with E-state index in [-0.39, 0.29) is 0 Å². The van der Waals surface area contributed by atoms with Crippen LogP contribution < -0.4 is 4.74 Å². The molecule has 21 heavy (non-hydrogen) atoms. The summed E-state index contributed by atoms with van der Waals surface area (Å²) in [5, 5.41) is 8.64. The van der Waals surface area contributed by atoms with Gasteiger partial charge in [0.25, 0.3) is 0 Å². The topological polar surface area (TPSA) is 80.7 Å². The van der Waals surface area contributed by atoms with Crippen LogP contribution in [0.3, 0.4) is 0 Å². The number of hydrogen-bond acceptors (Lipinski definition) is 4. The fourth-order valence-electron chi connectivity index (χ4n) is 1.38. The molecule has 0 saturated carbocycles. The van der Waals surface area contributed by atoms with E-state index in [0.29, 0.717) is 12.1 Å². The first kappa shape index (κ1) is 17.4. The van der Waals surface area contributed by atoms with Gasteiger partial charge in [0.05, 0.1) is 16.1 Å². The van der Waals surface area contributed by atoms with Crippen LogP contribution in [-0.2, 0) is 9.84 Å². The average molecular weight is 322 g/mol. The van der Waals surface area contributed by atoms with Crippen LogP contribution >= 0.6 is 0 Å². The SMILES string of the molecule is CC(C)(C)S(=O)(=O)CCOc1c(F)cc(C(=O)O)cc1F. The van der Waals surface area contributed by atoms with Crippen molar-refractivity contribution >= 4 is 15.8 Å². The highest BCUT2D eigenvalue weighted by atomic mass is 32.2. The molecule has 0 amide bonds. The van der Waals surface area contributed by atoms with Gasteiger partial charge in [-0.05, 0) is 32.9 Å². The third-order valence-corrected chi connectivity index (χ3v) is 5.35. The molecule has 0 unspecified atom stereocenters. The van der Waals surface area contributed by atoms with Crippen molar-refractivity contribution in [1.29, 1.82) is 0 Å². The molecule has 0 saturated heterocycles. The molecule has 1 aromatic rings. The number of carboxylic acids is 1. The van der Waals surface area contributed by atoms with E-state index in [2.05, 4.69) is 0 Å². The van der Waals surface area contributed by atoms with E-state index in [0.717, 1.165) is 0 Å². The van der Waals surface area contributed by atoms with Crippen LogP contribution in [-0.4, -0.2) is 36.6 Å².